The molecule has 0 saturated heterocycles. The van der Waals surface area contributed by atoms with Gasteiger partial charge in [-0.2, -0.15) is 0 Å². The third-order valence-corrected chi connectivity index (χ3v) is 4.08. The lowest BCUT2D eigenvalue weighted by Crippen LogP contribution is -2.58. The van der Waals surface area contributed by atoms with Crippen LogP contribution in [0.5, 0.6) is 0 Å². The molecule has 122 valence electrons. The summed E-state index contributed by atoms with van der Waals surface area (Å²) in [5.41, 5.74) is 5.93. The van der Waals surface area contributed by atoms with Gasteiger partial charge in [0, 0.05) is 12.1 Å². The van der Waals surface area contributed by atoms with Crippen molar-refractivity contribution in [2.75, 3.05) is 6.61 Å². The van der Waals surface area contributed by atoms with Crippen LogP contribution in [0, 0.1) is 5.92 Å². The van der Waals surface area contributed by atoms with Gasteiger partial charge in [0.25, 0.3) is 0 Å². The van der Waals surface area contributed by atoms with Crippen LogP contribution in [0.15, 0.2) is 11.8 Å². The van der Waals surface area contributed by atoms with Crippen molar-refractivity contribution in [3.63, 3.8) is 0 Å². The topological polar surface area (TPSA) is 146 Å². The second kappa shape index (κ2) is 6.57. The molecule has 0 aromatic rings. The normalized spacial score (nSPS) is 48.0. The highest BCUT2D eigenvalue weighted by Crippen LogP contribution is 2.29. The Kier molecular flexibility index (Phi) is 5.20. The molecule has 0 spiro atoms. The van der Waals surface area contributed by atoms with Crippen molar-refractivity contribution in [1.82, 2.24) is 0 Å². The molecule has 21 heavy (non-hydrogen) atoms. The minimum Gasteiger partial charge on any atom is -0.510 e. The van der Waals surface area contributed by atoms with E-state index in [1.807, 2.05) is 0 Å². The molecule has 2 aliphatic rings. The fourth-order valence-electron chi connectivity index (χ4n) is 2.75. The first kappa shape index (κ1) is 16.6. The van der Waals surface area contributed by atoms with Gasteiger partial charge in [-0.25, -0.2) is 0 Å². The summed E-state index contributed by atoms with van der Waals surface area (Å²) >= 11 is 0. The minimum atomic E-state index is -1.33. The van der Waals surface area contributed by atoms with Gasteiger partial charge in [0.15, 0.2) is 6.29 Å². The maximum absolute atomic E-state index is 10.1. The van der Waals surface area contributed by atoms with Gasteiger partial charge in [0.05, 0.1) is 12.7 Å². The lowest BCUT2D eigenvalue weighted by atomic mass is 9.81. The third kappa shape index (κ3) is 3.37. The first-order chi connectivity index (χ1) is 9.85. The van der Waals surface area contributed by atoms with Gasteiger partial charge < -0.3 is 40.7 Å². The highest BCUT2D eigenvalue weighted by molar-refractivity contribution is 5.07. The Balaban J connectivity index is 2.07. The molecule has 1 aliphatic carbocycles. The summed E-state index contributed by atoms with van der Waals surface area (Å²) in [6.07, 6.45) is -4.83. The summed E-state index contributed by atoms with van der Waals surface area (Å²) in [7, 11) is 0. The van der Waals surface area contributed by atoms with Crippen molar-refractivity contribution in [1.29, 1.82) is 0 Å². The predicted molar refractivity (Wildman–Crippen MR) is 71.1 cm³/mol. The van der Waals surface area contributed by atoms with Crippen LogP contribution in [0.25, 0.3) is 0 Å². The fraction of sp³-hybridized carbons (Fsp3) is 0.846. The lowest BCUT2D eigenvalue weighted by Gasteiger charge is -2.42. The fourth-order valence-corrected chi connectivity index (χ4v) is 2.75. The number of nitrogens with two attached hydrogens (primary N) is 1. The Labute approximate surface area is 122 Å². The molecule has 1 aliphatic heterocycles. The van der Waals surface area contributed by atoms with Gasteiger partial charge in [0.1, 0.15) is 30.2 Å². The molecule has 4 unspecified atom stereocenters. The summed E-state index contributed by atoms with van der Waals surface area (Å²) < 4.78 is 10.8. The first-order valence-electron chi connectivity index (χ1n) is 6.97. The highest BCUT2D eigenvalue weighted by atomic mass is 16.7. The van der Waals surface area contributed by atoms with E-state index in [-0.39, 0.29) is 11.7 Å². The Morgan fingerprint density at radius 2 is 2.00 bits per heavy atom. The maximum atomic E-state index is 10.1. The van der Waals surface area contributed by atoms with Crippen molar-refractivity contribution >= 4 is 0 Å². The summed E-state index contributed by atoms with van der Waals surface area (Å²) in [5.74, 6) is -0.531. The van der Waals surface area contributed by atoms with E-state index in [1.54, 1.807) is 6.92 Å². The zero-order chi connectivity index (χ0) is 15.7. The van der Waals surface area contributed by atoms with Crippen molar-refractivity contribution < 1.29 is 35.0 Å². The van der Waals surface area contributed by atoms with E-state index in [4.69, 9.17) is 20.3 Å². The highest BCUT2D eigenvalue weighted by Gasteiger charge is 2.43. The van der Waals surface area contributed by atoms with Gasteiger partial charge >= 0.3 is 0 Å². The van der Waals surface area contributed by atoms with Gasteiger partial charge in [-0.05, 0) is 12.3 Å². The molecular weight excluding hydrogens is 282 g/mol. The summed E-state index contributed by atoms with van der Waals surface area (Å²) in [6.45, 7) is 1.28. The summed E-state index contributed by atoms with van der Waals surface area (Å²) in [4.78, 5) is 0. The van der Waals surface area contributed by atoms with Crippen LogP contribution in [-0.4, -0.2) is 75.0 Å². The average Bonchev–Trinajstić information content (AvgIpc) is 2.44. The second-order valence-electron chi connectivity index (χ2n) is 5.72. The summed E-state index contributed by atoms with van der Waals surface area (Å²) in [6, 6.07) is -0.503. The monoisotopic (exact) mass is 305 g/mol. The van der Waals surface area contributed by atoms with Crippen molar-refractivity contribution in [2.45, 2.75) is 56.2 Å². The zero-order valence-corrected chi connectivity index (χ0v) is 11.7. The minimum absolute atomic E-state index is 0.155. The van der Waals surface area contributed by atoms with E-state index in [9.17, 15) is 20.4 Å². The van der Waals surface area contributed by atoms with Crippen LogP contribution in [0.1, 0.15) is 13.3 Å². The lowest BCUT2D eigenvalue weighted by molar-refractivity contribution is -0.239. The van der Waals surface area contributed by atoms with Crippen LogP contribution in [0.4, 0.5) is 0 Å². The van der Waals surface area contributed by atoms with Crippen LogP contribution in [-0.2, 0) is 9.47 Å². The molecule has 1 saturated carbocycles. The van der Waals surface area contributed by atoms with Crippen LogP contribution >= 0.6 is 0 Å². The molecule has 7 N–H and O–H groups in total. The molecule has 8 nitrogen and oxygen atoms in total. The smallest absolute Gasteiger partial charge is 0.181 e. The molecule has 1 fully saturated rings. The zero-order valence-electron chi connectivity index (χ0n) is 11.7. The van der Waals surface area contributed by atoms with Crippen LogP contribution in [0.2, 0.25) is 0 Å². The molecule has 0 aromatic carbocycles. The standard InChI is InChI=1S/C13H23NO7/c1-5-2-6(14)13(12(19)10(5)17)21-9-3-7(16)11(18)8(4-15)20-9/h3,5-6,8-13,15-19H,2,4,14H2,1H3/t5-,6?,8?,9-,10?,11+,12?,13-/m1/s1. The molecule has 8 heteroatoms. The molecule has 2 rings (SSSR count). The molecule has 8 atom stereocenters. The SMILES string of the molecule is C[C@@H]1CC(N)[C@@H](O[C@@H]2C=C(O)[C@H](O)C(CO)O2)C(O)C1O. The number of aliphatic hydroxyl groups excluding tert-OH is 5. The maximum Gasteiger partial charge on any atom is 0.181 e. The second-order valence-corrected chi connectivity index (χ2v) is 5.72. The van der Waals surface area contributed by atoms with Crippen LogP contribution in [0.3, 0.4) is 0 Å². The quantitative estimate of drug-likeness (QED) is 0.350. The van der Waals surface area contributed by atoms with E-state index < -0.39 is 49.5 Å². The van der Waals surface area contributed by atoms with E-state index >= 15 is 0 Å². The Morgan fingerprint density at radius 3 is 2.62 bits per heavy atom. The number of rotatable bonds is 3. The number of ether oxygens (including phenoxy) is 2. The van der Waals surface area contributed by atoms with Crippen molar-refractivity contribution in [3.8, 4) is 0 Å². The molecule has 0 amide bonds. The number of hydrogen-bond donors (Lipinski definition) is 6. The third-order valence-electron chi connectivity index (χ3n) is 4.08. The molecule has 1 heterocycles. The molecular formula is C13H23NO7. The first-order valence-corrected chi connectivity index (χ1v) is 6.97. The predicted octanol–water partition coefficient (Wildman–Crippen LogP) is -2.02. The van der Waals surface area contributed by atoms with Gasteiger partial charge in [0.2, 0.25) is 0 Å². The number of hydrogen-bond acceptors (Lipinski definition) is 8. The Morgan fingerprint density at radius 1 is 1.33 bits per heavy atom. The van der Waals surface area contributed by atoms with Gasteiger partial charge in [-0.15, -0.1) is 0 Å². The van der Waals surface area contributed by atoms with E-state index in [0.29, 0.717) is 6.42 Å². The molecule has 0 radical (unpaired) electrons. The average molecular weight is 305 g/mol. The number of aliphatic hydroxyl groups is 5. The Bertz CT molecular complexity index is 391. The Hall–Kier alpha value is -0.740. The van der Waals surface area contributed by atoms with E-state index in [1.165, 1.54) is 0 Å². The van der Waals surface area contributed by atoms with Crippen molar-refractivity contribution in [2.24, 2.45) is 11.7 Å². The van der Waals surface area contributed by atoms with Crippen LogP contribution < -0.4 is 5.73 Å². The van der Waals surface area contributed by atoms with Crippen molar-refractivity contribution in [3.05, 3.63) is 11.8 Å². The molecule has 0 aromatic heterocycles. The van der Waals surface area contributed by atoms with E-state index in [2.05, 4.69) is 0 Å². The van der Waals surface area contributed by atoms with Gasteiger partial charge in [-0.1, -0.05) is 6.92 Å². The van der Waals surface area contributed by atoms with Gasteiger partial charge in [-0.3, -0.25) is 0 Å². The largest absolute Gasteiger partial charge is 0.510 e. The van der Waals surface area contributed by atoms with E-state index in [0.717, 1.165) is 6.08 Å². The molecule has 0 bridgehead atoms. The summed E-state index contributed by atoms with van der Waals surface area (Å²) in [5, 5.41) is 48.2.